The lowest BCUT2D eigenvalue weighted by atomic mass is 10.0. The van der Waals surface area contributed by atoms with Gasteiger partial charge in [0.15, 0.2) is 0 Å². The van der Waals surface area contributed by atoms with Gasteiger partial charge in [-0.25, -0.2) is 8.70 Å². The Morgan fingerprint density at radius 1 is 0.952 bits per heavy atom. The highest BCUT2D eigenvalue weighted by Gasteiger charge is 2.35. The van der Waals surface area contributed by atoms with Crippen LogP contribution >= 0.6 is 15.9 Å². The van der Waals surface area contributed by atoms with Crippen molar-refractivity contribution in [1.82, 2.24) is 14.5 Å². The van der Waals surface area contributed by atoms with E-state index >= 15 is 0 Å². The van der Waals surface area contributed by atoms with Crippen molar-refractivity contribution in [1.29, 1.82) is 0 Å². The van der Waals surface area contributed by atoms with Crippen LogP contribution in [0.3, 0.4) is 0 Å². The Kier molecular flexibility index (Phi) is 10.7. The molecule has 0 bridgehead atoms. The van der Waals surface area contributed by atoms with Crippen molar-refractivity contribution in [2.24, 2.45) is 0 Å². The molecule has 3 aromatic carbocycles. The zero-order chi connectivity index (χ0) is 30.3. The second-order valence-corrected chi connectivity index (χ2v) is 13.6. The van der Waals surface area contributed by atoms with E-state index in [4.69, 9.17) is 0 Å². The number of hydrogen-bond acceptors (Lipinski definition) is 4. The van der Waals surface area contributed by atoms with Crippen molar-refractivity contribution >= 4 is 43.6 Å². The van der Waals surface area contributed by atoms with Crippen LogP contribution in [-0.4, -0.2) is 62.2 Å². The van der Waals surface area contributed by atoms with Crippen molar-refractivity contribution in [2.75, 3.05) is 24.9 Å². The quantitative estimate of drug-likeness (QED) is 0.300. The topological polar surface area (TPSA) is 90.0 Å². The molecule has 11 heteroatoms. The van der Waals surface area contributed by atoms with Gasteiger partial charge in [-0.1, -0.05) is 71.2 Å². The van der Waals surface area contributed by atoms with Gasteiger partial charge in [-0.3, -0.25) is 9.59 Å². The summed E-state index contributed by atoms with van der Waals surface area (Å²) >= 11 is 3.48. The van der Waals surface area contributed by atoms with E-state index in [0.29, 0.717) is 0 Å². The van der Waals surface area contributed by atoms with Crippen LogP contribution in [0.25, 0.3) is 0 Å². The van der Waals surface area contributed by atoms with Crippen LogP contribution in [0, 0.1) is 5.82 Å². The van der Waals surface area contributed by atoms with Crippen LogP contribution in [0.4, 0.5) is 10.1 Å². The Hall–Kier alpha value is -3.28. The number of benzene rings is 3. The van der Waals surface area contributed by atoms with Crippen molar-refractivity contribution in [2.45, 2.75) is 50.7 Å². The first kappa shape index (κ1) is 31.7. The molecular weight excluding hydrogens is 623 g/mol. The summed E-state index contributed by atoms with van der Waals surface area (Å²) in [6.45, 7) is -0.505. The normalized spacial score (nSPS) is 14.5. The van der Waals surface area contributed by atoms with Crippen LogP contribution in [0.5, 0.6) is 0 Å². The van der Waals surface area contributed by atoms with Crippen molar-refractivity contribution < 1.29 is 22.4 Å². The Bertz CT molecular complexity index is 1470. The molecule has 1 aliphatic rings. The fourth-order valence-electron chi connectivity index (χ4n) is 5.08. The molecular formula is C31H36BrFN4O4S. The van der Waals surface area contributed by atoms with Crippen molar-refractivity contribution in [3.8, 4) is 0 Å². The fourth-order valence-corrected chi connectivity index (χ4v) is 6.58. The molecule has 1 N–H and O–H groups in total. The van der Waals surface area contributed by atoms with E-state index in [9.17, 15) is 22.4 Å². The van der Waals surface area contributed by atoms with Gasteiger partial charge in [0, 0.05) is 37.6 Å². The summed E-state index contributed by atoms with van der Waals surface area (Å²) in [5.74, 6) is -1.37. The van der Waals surface area contributed by atoms with Crippen molar-refractivity contribution in [3.63, 3.8) is 0 Å². The lowest BCUT2D eigenvalue weighted by Gasteiger charge is -2.35. The largest absolute Gasteiger partial charge is 0.352 e. The minimum Gasteiger partial charge on any atom is -0.352 e. The van der Waals surface area contributed by atoms with Gasteiger partial charge in [-0.15, -0.1) is 0 Å². The highest BCUT2D eigenvalue weighted by Crippen LogP contribution is 2.24. The van der Waals surface area contributed by atoms with Crippen LogP contribution in [-0.2, 0) is 32.8 Å². The number of nitrogens with zero attached hydrogens (tertiary/aromatic N) is 3. The third-order valence-corrected chi connectivity index (χ3v) is 9.66. The summed E-state index contributed by atoms with van der Waals surface area (Å²) in [6.07, 6.45) is 4.07. The summed E-state index contributed by atoms with van der Waals surface area (Å²) in [6, 6.07) is 20.9. The van der Waals surface area contributed by atoms with Gasteiger partial charge in [-0.2, -0.15) is 12.7 Å². The molecule has 8 nitrogen and oxygen atoms in total. The zero-order valence-electron chi connectivity index (χ0n) is 23.7. The first-order chi connectivity index (χ1) is 20.0. The minimum atomic E-state index is -4.15. The van der Waals surface area contributed by atoms with Crippen LogP contribution in [0.15, 0.2) is 83.3 Å². The zero-order valence-corrected chi connectivity index (χ0v) is 26.2. The van der Waals surface area contributed by atoms with Gasteiger partial charge in [-0.05, 0) is 60.4 Å². The lowest BCUT2D eigenvalue weighted by molar-refractivity contribution is -0.140. The molecule has 0 aromatic heterocycles. The fraction of sp³-hybridized carbons (Fsp3) is 0.355. The molecule has 4 rings (SSSR count). The number of hydrogen-bond donors (Lipinski definition) is 1. The Morgan fingerprint density at radius 3 is 2.21 bits per heavy atom. The monoisotopic (exact) mass is 658 g/mol. The van der Waals surface area contributed by atoms with Crippen LogP contribution < -0.4 is 9.62 Å². The number of carbonyl (C=O) groups excluding carboxylic acids is 2. The van der Waals surface area contributed by atoms with E-state index in [2.05, 4.69) is 21.2 Å². The van der Waals surface area contributed by atoms with E-state index in [-0.39, 0.29) is 30.6 Å². The molecule has 42 heavy (non-hydrogen) atoms. The molecule has 1 unspecified atom stereocenters. The second kappa shape index (κ2) is 14.3. The van der Waals surface area contributed by atoms with Crippen molar-refractivity contribution in [3.05, 3.63) is 100 Å². The minimum absolute atomic E-state index is 0.0310. The van der Waals surface area contributed by atoms with Gasteiger partial charge >= 0.3 is 10.2 Å². The molecule has 2 amide bonds. The van der Waals surface area contributed by atoms with Gasteiger partial charge in [0.05, 0.1) is 5.69 Å². The van der Waals surface area contributed by atoms with E-state index in [1.807, 2.05) is 54.6 Å². The van der Waals surface area contributed by atoms with Gasteiger partial charge in [0.2, 0.25) is 11.8 Å². The average molecular weight is 660 g/mol. The molecule has 0 aliphatic heterocycles. The smallest absolute Gasteiger partial charge is 0.304 e. The Balaban J connectivity index is 1.75. The van der Waals surface area contributed by atoms with Crippen LogP contribution in [0.2, 0.25) is 0 Å². The first-order valence-electron chi connectivity index (χ1n) is 13.9. The number of carbonyl (C=O) groups is 2. The van der Waals surface area contributed by atoms with E-state index in [0.717, 1.165) is 62.0 Å². The predicted molar refractivity (Wildman–Crippen MR) is 165 cm³/mol. The molecule has 1 atom stereocenters. The third-order valence-electron chi connectivity index (χ3n) is 7.35. The van der Waals surface area contributed by atoms with E-state index < -0.39 is 34.5 Å². The van der Waals surface area contributed by atoms with Crippen LogP contribution in [0.1, 0.15) is 36.8 Å². The number of amides is 2. The predicted octanol–water partition coefficient (Wildman–Crippen LogP) is 4.90. The van der Waals surface area contributed by atoms with Gasteiger partial charge in [0.1, 0.15) is 18.4 Å². The molecule has 1 aliphatic carbocycles. The number of rotatable bonds is 12. The van der Waals surface area contributed by atoms with Gasteiger partial charge in [0.25, 0.3) is 0 Å². The van der Waals surface area contributed by atoms with E-state index in [1.165, 1.54) is 31.1 Å². The number of halogens is 2. The number of nitrogens with one attached hydrogen (secondary N) is 1. The highest BCUT2D eigenvalue weighted by atomic mass is 79.9. The van der Waals surface area contributed by atoms with Gasteiger partial charge < -0.3 is 10.2 Å². The maximum absolute atomic E-state index is 14.3. The SMILES string of the molecule is CN(C)S(=O)(=O)N(CC(=O)N(Cc1cccc(Br)c1)C(Cc1ccccc1)C(=O)NC1CCCC1)c1ccc(F)cc1. The summed E-state index contributed by atoms with van der Waals surface area (Å²) in [4.78, 5) is 29.6. The Labute approximate surface area is 255 Å². The molecule has 1 saturated carbocycles. The lowest BCUT2D eigenvalue weighted by Crippen LogP contribution is -2.55. The first-order valence-corrected chi connectivity index (χ1v) is 16.1. The molecule has 224 valence electrons. The maximum Gasteiger partial charge on any atom is 0.304 e. The molecule has 0 saturated heterocycles. The molecule has 0 spiro atoms. The highest BCUT2D eigenvalue weighted by molar-refractivity contribution is 9.10. The maximum atomic E-state index is 14.3. The second-order valence-electron chi connectivity index (χ2n) is 10.6. The summed E-state index contributed by atoms with van der Waals surface area (Å²) in [5.41, 5.74) is 1.77. The standard InChI is InChI=1S/C31H36BrFN4O4S/c1-35(2)42(40,41)37(28-17-15-26(33)16-18-28)22-30(38)36(21-24-11-8-12-25(32)19-24)29(20-23-9-4-3-5-10-23)31(39)34-27-13-6-7-14-27/h3-5,8-12,15-19,27,29H,6-7,13-14,20-22H2,1-2H3,(H,34,39). The average Bonchev–Trinajstić information content (AvgIpc) is 3.47. The van der Waals surface area contributed by atoms with E-state index in [1.54, 1.807) is 0 Å². The Morgan fingerprint density at radius 2 is 1.60 bits per heavy atom. The molecule has 3 aromatic rings. The summed E-state index contributed by atoms with van der Waals surface area (Å²) in [7, 11) is -1.42. The summed E-state index contributed by atoms with van der Waals surface area (Å²) < 4.78 is 43.3. The summed E-state index contributed by atoms with van der Waals surface area (Å²) in [5, 5.41) is 3.15. The molecule has 0 heterocycles. The number of anilines is 1. The molecule has 1 fully saturated rings. The third kappa shape index (κ3) is 8.17. The molecule has 0 radical (unpaired) electrons.